The van der Waals surface area contributed by atoms with Crippen molar-refractivity contribution in [2.45, 2.75) is 39.0 Å². The van der Waals surface area contributed by atoms with Gasteiger partial charge in [-0.3, -0.25) is 9.52 Å². The lowest BCUT2D eigenvalue weighted by atomic mass is 10.1. The van der Waals surface area contributed by atoms with Gasteiger partial charge in [-0.05, 0) is 55.7 Å². The number of hydrogen-bond acceptors (Lipinski definition) is 3. The Morgan fingerprint density at radius 1 is 1.04 bits per heavy atom. The van der Waals surface area contributed by atoms with E-state index in [-0.39, 0.29) is 16.7 Å². The molecule has 134 valence electrons. The van der Waals surface area contributed by atoms with Crippen LogP contribution >= 0.6 is 0 Å². The van der Waals surface area contributed by atoms with E-state index in [0.29, 0.717) is 11.4 Å². The standard InChI is InChI=1S/C19H24N2O3S/c1-5-13(2)19(22)20-16-9-11-17(12-10-16)25(23,24)21-18-14(3)7-6-8-15(18)4/h6-13,21H,5H2,1-4H3,(H,20,22). The number of carbonyl (C=O) groups is 1. The zero-order chi connectivity index (χ0) is 18.6. The van der Waals surface area contributed by atoms with Gasteiger partial charge in [0, 0.05) is 11.6 Å². The first-order chi connectivity index (χ1) is 11.7. The molecule has 0 aliphatic heterocycles. The quantitative estimate of drug-likeness (QED) is 0.815. The molecule has 25 heavy (non-hydrogen) atoms. The Morgan fingerprint density at radius 3 is 2.12 bits per heavy atom. The van der Waals surface area contributed by atoms with Gasteiger partial charge in [0.15, 0.2) is 0 Å². The van der Waals surface area contributed by atoms with E-state index in [4.69, 9.17) is 0 Å². The van der Waals surface area contributed by atoms with Crippen molar-refractivity contribution >= 4 is 27.3 Å². The molecule has 0 aliphatic carbocycles. The lowest BCUT2D eigenvalue weighted by Gasteiger charge is -2.14. The summed E-state index contributed by atoms with van der Waals surface area (Å²) in [5.74, 6) is -0.166. The van der Waals surface area contributed by atoms with Crippen LogP contribution in [0.2, 0.25) is 0 Å². The molecule has 0 radical (unpaired) electrons. The van der Waals surface area contributed by atoms with Gasteiger partial charge in [0.25, 0.3) is 10.0 Å². The second-order valence-electron chi connectivity index (χ2n) is 6.20. The predicted octanol–water partition coefficient (Wildman–Crippen LogP) is 4.09. The molecule has 2 rings (SSSR count). The molecule has 1 atom stereocenters. The third-order valence-corrected chi connectivity index (χ3v) is 5.58. The summed E-state index contributed by atoms with van der Waals surface area (Å²) < 4.78 is 27.8. The number of benzene rings is 2. The Hall–Kier alpha value is -2.34. The van der Waals surface area contributed by atoms with E-state index >= 15 is 0 Å². The molecular weight excluding hydrogens is 336 g/mol. The number of sulfonamides is 1. The van der Waals surface area contributed by atoms with Crippen LogP contribution in [-0.4, -0.2) is 14.3 Å². The zero-order valence-corrected chi connectivity index (χ0v) is 15.8. The Bertz CT molecular complexity index is 838. The highest BCUT2D eigenvalue weighted by molar-refractivity contribution is 7.92. The average Bonchev–Trinajstić information content (AvgIpc) is 2.58. The summed E-state index contributed by atoms with van der Waals surface area (Å²) in [7, 11) is -3.69. The first kappa shape index (κ1) is 19.0. The van der Waals surface area contributed by atoms with Gasteiger partial charge in [0.05, 0.1) is 10.6 Å². The minimum Gasteiger partial charge on any atom is -0.326 e. The average molecular weight is 360 g/mol. The highest BCUT2D eigenvalue weighted by atomic mass is 32.2. The third kappa shape index (κ3) is 4.60. The summed E-state index contributed by atoms with van der Waals surface area (Å²) in [6.45, 7) is 7.51. The monoisotopic (exact) mass is 360 g/mol. The normalized spacial score (nSPS) is 12.5. The van der Waals surface area contributed by atoms with Crippen LogP contribution < -0.4 is 10.0 Å². The van der Waals surface area contributed by atoms with Crippen LogP contribution in [0.4, 0.5) is 11.4 Å². The van der Waals surface area contributed by atoms with Crippen molar-refractivity contribution in [1.29, 1.82) is 0 Å². The summed E-state index contributed by atoms with van der Waals surface area (Å²) in [6.07, 6.45) is 0.748. The molecular formula is C19H24N2O3S. The first-order valence-corrected chi connectivity index (χ1v) is 9.73. The summed E-state index contributed by atoms with van der Waals surface area (Å²) in [4.78, 5) is 12.0. The first-order valence-electron chi connectivity index (χ1n) is 8.24. The molecule has 6 heteroatoms. The van der Waals surface area contributed by atoms with E-state index in [0.717, 1.165) is 17.5 Å². The molecule has 1 amide bonds. The maximum absolute atomic E-state index is 12.6. The van der Waals surface area contributed by atoms with Crippen LogP contribution in [0, 0.1) is 19.8 Å². The SMILES string of the molecule is CCC(C)C(=O)Nc1ccc(S(=O)(=O)Nc2c(C)cccc2C)cc1. The number of rotatable bonds is 6. The maximum Gasteiger partial charge on any atom is 0.261 e. The number of amides is 1. The Kier molecular flexibility index (Phi) is 5.85. The summed E-state index contributed by atoms with van der Waals surface area (Å²) in [5.41, 5.74) is 2.90. The number of nitrogens with one attached hydrogen (secondary N) is 2. The second kappa shape index (κ2) is 7.70. The van der Waals surface area contributed by atoms with Gasteiger partial charge < -0.3 is 5.32 Å². The van der Waals surface area contributed by atoms with Gasteiger partial charge in [-0.25, -0.2) is 8.42 Å². The number of para-hydroxylation sites is 1. The third-order valence-electron chi connectivity index (χ3n) is 4.21. The molecule has 2 aromatic rings. The smallest absolute Gasteiger partial charge is 0.261 e. The largest absolute Gasteiger partial charge is 0.326 e. The van der Waals surface area contributed by atoms with Crippen molar-refractivity contribution < 1.29 is 13.2 Å². The van der Waals surface area contributed by atoms with Crippen LogP contribution in [0.5, 0.6) is 0 Å². The molecule has 0 fully saturated rings. The highest BCUT2D eigenvalue weighted by Gasteiger charge is 2.17. The molecule has 2 N–H and O–H groups in total. The van der Waals surface area contributed by atoms with Crippen molar-refractivity contribution in [3.8, 4) is 0 Å². The summed E-state index contributed by atoms with van der Waals surface area (Å²) >= 11 is 0. The van der Waals surface area contributed by atoms with Gasteiger partial charge >= 0.3 is 0 Å². The fourth-order valence-electron chi connectivity index (χ4n) is 2.34. The van der Waals surface area contributed by atoms with Gasteiger partial charge in [0.1, 0.15) is 0 Å². The molecule has 0 heterocycles. The number of aryl methyl sites for hydroxylation is 2. The zero-order valence-electron chi connectivity index (χ0n) is 15.0. The molecule has 5 nitrogen and oxygen atoms in total. The van der Waals surface area contributed by atoms with E-state index in [2.05, 4.69) is 10.0 Å². The molecule has 0 bridgehead atoms. The molecule has 0 aliphatic rings. The van der Waals surface area contributed by atoms with Crippen molar-refractivity contribution in [3.05, 3.63) is 53.6 Å². The maximum atomic E-state index is 12.6. The van der Waals surface area contributed by atoms with Crippen LogP contribution in [0.25, 0.3) is 0 Å². The Labute approximate surface area is 149 Å². The molecule has 2 aromatic carbocycles. The Morgan fingerprint density at radius 2 is 1.60 bits per heavy atom. The number of anilines is 2. The van der Waals surface area contributed by atoms with E-state index < -0.39 is 10.0 Å². The second-order valence-corrected chi connectivity index (χ2v) is 7.88. The topological polar surface area (TPSA) is 75.3 Å². The highest BCUT2D eigenvalue weighted by Crippen LogP contribution is 2.24. The fourth-order valence-corrected chi connectivity index (χ4v) is 3.54. The molecule has 0 spiro atoms. The van der Waals surface area contributed by atoms with E-state index in [1.807, 2.05) is 45.9 Å². The lowest BCUT2D eigenvalue weighted by molar-refractivity contribution is -0.119. The fraction of sp³-hybridized carbons (Fsp3) is 0.316. The van der Waals surface area contributed by atoms with Crippen molar-refractivity contribution in [1.82, 2.24) is 0 Å². The van der Waals surface area contributed by atoms with Crippen LogP contribution in [-0.2, 0) is 14.8 Å². The van der Waals surface area contributed by atoms with Gasteiger partial charge in [-0.1, -0.05) is 32.0 Å². The summed E-state index contributed by atoms with van der Waals surface area (Å²) in [5, 5.41) is 2.79. The van der Waals surface area contributed by atoms with Gasteiger partial charge in [0.2, 0.25) is 5.91 Å². The van der Waals surface area contributed by atoms with Crippen LogP contribution in [0.3, 0.4) is 0 Å². The molecule has 0 saturated heterocycles. The lowest BCUT2D eigenvalue weighted by Crippen LogP contribution is -2.19. The van der Waals surface area contributed by atoms with Crippen molar-refractivity contribution in [2.24, 2.45) is 5.92 Å². The predicted molar refractivity (Wildman–Crippen MR) is 101 cm³/mol. The van der Waals surface area contributed by atoms with E-state index in [1.165, 1.54) is 12.1 Å². The molecule has 1 unspecified atom stereocenters. The van der Waals surface area contributed by atoms with E-state index in [9.17, 15) is 13.2 Å². The number of carbonyl (C=O) groups excluding carboxylic acids is 1. The van der Waals surface area contributed by atoms with Crippen LogP contribution in [0.15, 0.2) is 47.4 Å². The minimum absolute atomic E-state index is 0.0771. The van der Waals surface area contributed by atoms with Gasteiger partial charge in [-0.15, -0.1) is 0 Å². The van der Waals surface area contributed by atoms with Crippen molar-refractivity contribution in [2.75, 3.05) is 10.0 Å². The molecule has 0 saturated carbocycles. The van der Waals surface area contributed by atoms with Crippen molar-refractivity contribution in [3.63, 3.8) is 0 Å². The Balaban J connectivity index is 2.19. The van der Waals surface area contributed by atoms with Crippen LogP contribution in [0.1, 0.15) is 31.4 Å². The summed E-state index contributed by atoms with van der Waals surface area (Å²) in [6, 6.07) is 11.8. The van der Waals surface area contributed by atoms with E-state index in [1.54, 1.807) is 12.1 Å². The van der Waals surface area contributed by atoms with Gasteiger partial charge in [-0.2, -0.15) is 0 Å². The molecule has 0 aromatic heterocycles. The number of hydrogen-bond donors (Lipinski definition) is 2. The minimum atomic E-state index is -3.69.